The van der Waals surface area contributed by atoms with Crippen molar-refractivity contribution in [1.82, 2.24) is 9.97 Å². The van der Waals surface area contributed by atoms with Gasteiger partial charge in [0.15, 0.2) is 0 Å². The normalized spacial score (nSPS) is 11.3. The minimum absolute atomic E-state index is 0.214. The molecule has 0 fully saturated rings. The summed E-state index contributed by atoms with van der Waals surface area (Å²) in [5, 5.41) is 6.65. The summed E-state index contributed by atoms with van der Waals surface area (Å²) in [5.74, 6) is 0.791. The van der Waals surface area contributed by atoms with Gasteiger partial charge in [-0.1, -0.05) is 29.8 Å². The summed E-state index contributed by atoms with van der Waals surface area (Å²) in [6.07, 6.45) is -2.09. The van der Waals surface area contributed by atoms with Crippen LogP contribution in [0.5, 0.6) is 0 Å². The fourth-order valence-electron chi connectivity index (χ4n) is 2.41. The van der Waals surface area contributed by atoms with Crippen LogP contribution in [0.25, 0.3) is 0 Å². The second-order valence-corrected chi connectivity index (χ2v) is 6.21. The topological polar surface area (TPSA) is 49.8 Å². The van der Waals surface area contributed by atoms with Crippen molar-refractivity contribution in [2.75, 3.05) is 17.2 Å². The minimum atomic E-state index is -4.40. The molecule has 1 heterocycles. The van der Waals surface area contributed by atoms with Gasteiger partial charge in [-0.25, -0.2) is 4.98 Å². The van der Waals surface area contributed by atoms with Crippen molar-refractivity contribution in [2.24, 2.45) is 0 Å². The zero-order chi connectivity index (χ0) is 19.3. The maximum Gasteiger partial charge on any atom is 0.416 e. The molecule has 1 aromatic heterocycles. The maximum atomic E-state index is 12.8. The zero-order valence-corrected chi connectivity index (χ0v) is 14.8. The van der Waals surface area contributed by atoms with Crippen LogP contribution in [0.15, 0.2) is 60.8 Å². The largest absolute Gasteiger partial charge is 0.416 e. The molecule has 0 unspecified atom stereocenters. The van der Waals surface area contributed by atoms with Crippen LogP contribution in [0.1, 0.15) is 11.1 Å². The predicted molar refractivity (Wildman–Crippen MR) is 100 cm³/mol. The first kappa shape index (κ1) is 19.0. The third-order valence-electron chi connectivity index (χ3n) is 3.73. The Morgan fingerprint density at radius 1 is 1.00 bits per heavy atom. The first-order chi connectivity index (χ1) is 12.9. The molecule has 27 heavy (non-hydrogen) atoms. The predicted octanol–water partition coefficient (Wildman–Crippen LogP) is 5.55. The Morgan fingerprint density at radius 3 is 2.52 bits per heavy atom. The Hall–Kier alpha value is -2.80. The van der Waals surface area contributed by atoms with E-state index in [1.54, 1.807) is 6.07 Å². The molecule has 140 valence electrons. The van der Waals surface area contributed by atoms with Gasteiger partial charge in [-0.15, -0.1) is 0 Å². The Kier molecular flexibility index (Phi) is 5.81. The molecule has 2 N–H and O–H groups in total. The first-order valence-corrected chi connectivity index (χ1v) is 8.53. The van der Waals surface area contributed by atoms with Gasteiger partial charge in [-0.2, -0.15) is 18.2 Å². The van der Waals surface area contributed by atoms with Crippen LogP contribution >= 0.6 is 11.6 Å². The number of halogens is 4. The fraction of sp³-hybridized carbons (Fsp3) is 0.158. The van der Waals surface area contributed by atoms with Gasteiger partial charge in [0.1, 0.15) is 5.82 Å². The van der Waals surface area contributed by atoms with E-state index in [1.165, 1.54) is 18.3 Å². The second kappa shape index (κ2) is 8.26. The number of rotatable bonds is 6. The average Bonchev–Trinajstić information content (AvgIpc) is 2.63. The van der Waals surface area contributed by atoms with E-state index in [-0.39, 0.29) is 11.6 Å². The summed E-state index contributed by atoms with van der Waals surface area (Å²) in [6, 6.07) is 14.1. The van der Waals surface area contributed by atoms with Gasteiger partial charge in [-0.3, -0.25) is 0 Å². The molecule has 0 bridgehead atoms. The molecule has 0 atom stereocenters. The molecular formula is C19H16ClF3N4. The molecule has 0 aliphatic rings. The van der Waals surface area contributed by atoms with Crippen LogP contribution in [-0.2, 0) is 12.6 Å². The van der Waals surface area contributed by atoms with Gasteiger partial charge in [0.05, 0.1) is 5.56 Å². The van der Waals surface area contributed by atoms with Gasteiger partial charge in [0.25, 0.3) is 0 Å². The average molecular weight is 393 g/mol. The van der Waals surface area contributed by atoms with E-state index in [4.69, 9.17) is 11.6 Å². The summed E-state index contributed by atoms with van der Waals surface area (Å²) in [5.41, 5.74) is 0.663. The van der Waals surface area contributed by atoms with E-state index in [1.807, 2.05) is 24.3 Å². The van der Waals surface area contributed by atoms with Crippen LogP contribution in [0.2, 0.25) is 5.02 Å². The molecule has 3 rings (SSSR count). The van der Waals surface area contributed by atoms with Crippen molar-refractivity contribution in [3.05, 3.63) is 76.9 Å². The highest BCUT2D eigenvalue weighted by atomic mass is 35.5. The molecule has 0 radical (unpaired) electrons. The van der Waals surface area contributed by atoms with Crippen molar-refractivity contribution in [2.45, 2.75) is 12.6 Å². The lowest BCUT2D eigenvalue weighted by atomic mass is 10.1. The van der Waals surface area contributed by atoms with E-state index in [9.17, 15) is 13.2 Å². The third kappa shape index (κ3) is 5.59. The summed E-state index contributed by atoms with van der Waals surface area (Å²) >= 11 is 5.86. The summed E-state index contributed by atoms with van der Waals surface area (Å²) in [6.45, 7) is 0.641. The molecule has 0 saturated heterocycles. The van der Waals surface area contributed by atoms with E-state index < -0.39 is 11.7 Å². The van der Waals surface area contributed by atoms with Crippen LogP contribution in [0.4, 0.5) is 30.6 Å². The number of benzene rings is 2. The van der Waals surface area contributed by atoms with Crippen molar-refractivity contribution in [3.63, 3.8) is 0 Å². The Balaban J connectivity index is 1.61. The second-order valence-electron chi connectivity index (χ2n) is 5.77. The molecule has 8 heteroatoms. The van der Waals surface area contributed by atoms with E-state index in [0.717, 1.165) is 24.1 Å². The molecule has 4 nitrogen and oxygen atoms in total. The number of hydrogen-bond acceptors (Lipinski definition) is 4. The van der Waals surface area contributed by atoms with Crippen LogP contribution < -0.4 is 10.6 Å². The van der Waals surface area contributed by atoms with Gasteiger partial charge in [0, 0.05) is 23.5 Å². The monoisotopic (exact) mass is 392 g/mol. The highest BCUT2D eigenvalue weighted by Crippen LogP contribution is 2.31. The van der Waals surface area contributed by atoms with Gasteiger partial charge in [-0.05, 0) is 48.4 Å². The molecule has 0 spiro atoms. The smallest absolute Gasteiger partial charge is 0.370 e. The van der Waals surface area contributed by atoms with Crippen molar-refractivity contribution < 1.29 is 13.2 Å². The molecule has 3 aromatic rings. The summed E-state index contributed by atoms with van der Waals surface area (Å²) < 4.78 is 38.4. The van der Waals surface area contributed by atoms with Gasteiger partial charge in [0.2, 0.25) is 5.95 Å². The Bertz CT molecular complexity index is 898. The molecule has 0 saturated carbocycles. The quantitative estimate of drug-likeness (QED) is 0.577. The van der Waals surface area contributed by atoms with Crippen molar-refractivity contribution in [1.29, 1.82) is 0 Å². The number of aromatic nitrogens is 2. The van der Waals surface area contributed by atoms with E-state index in [0.29, 0.717) is 17.4 Å². The molecule has 0 amide bonds. The highest BCUT2D eigenvalue weighted by Gasteiger charge is 2.30. The molecule has 0 aliphatic heterocycles. The number of nitrogens with zero attached hydrogens (tertiary/aromatic N) is 2. The lowest BCUT2D eigenvalue weighted by molar-refractivity contribution is -0.137. The standard InChI is InChI=1S/C19H16ClF3N4/c20-15-6-4-13(5-7-15)8-10-24-17-9-11-25-18(27-17)26-16-3-1-2-14(12-16)19(21,22)23/h1-7,9,11-12H,8,10H2,(H2,24,25,26,27). The summed E-state index contributed by atoms with van der Waals surface area (Å²) in [7, 11) is 0. The Labute approximate surface area is 159 Å². The fourth-order valence-corrected chi connectivity index (χ4v) is 2.53. The minimum Gasteiger partial charge on any atom is -0.370 e. The first-order valence-electron chi connectivity index (χ1n) is 8.16. The lowest BCUT2D eigenvalue weighted by Gasteiger charge is -2.11. The lowest BCUT2D eigenvalue weighted by Crippen LogP contribution is -2.08. The van der Waals surface area contributed by atoms with Crippen molar-refractivity contribution >= 4 is 29.1 Å². The SMILES string of the molecule is FC(F)(F)c1cccc(Nc2nccc(NCCc3ccc(Cl)cc3)n2)c1. The van der Waals surface area contributed by atoms with Crippen LogP contribution in [0.3, 0.4) is 0 Å². The van der Waals surface area contributed by atoms with E-state index in [2.05, 4.69) is 20.6 Å². The number of nitrogens with one attached hydrogen (secondary N) is 2. The van der Waals surface area contributed by atoms with Crippen LogP contribution in [0, 0.1) is 0 Å². The van der Waals surface area contributed by atoms with Gasteiger partial charge >= 0.3 is 6.18 Å². The zero-order valence-electron chi connectivity index (χ0n) is 14.1. The van der Waals surface area contributed by atoms with Crippen molar-refractivity contribution in [3.8, 4) is 0 Å². The number of anilines is 3. The van der Waals surface area contributed by atoms with E-state index >= 15 is 0 Å². The maximum absolute atomic E-state index is 12.8. The highest BCUT2D eigenvalue weighted by molar-refractivity contribution is 6.30. The molecular weight excluding hydrogens is 377 g/mol. The summed E-state index contributed by atoms with van der Waals surface area (Å²) in [4.78, 5) is 8.31. The third-order valence-corrected chi connectivity index (χ3v) is 3.99. The molecule has 2 aromatic carbocycles. The van der Waals surface area contributed by atoms with Gasteiger partial charge < -0.3 is 10.6 Å². The van der Waals surface area contributed by atoms with Crippen LogP contribution in [-0.4, -0.2) is 16.5 Å². The number of hydrogen-bond donors (Lipinski definition) is 2. The molecule has 0 aliphatic carbocycles. The number of alkyl halides is 3. The Morgan fingerprint density at radius 2 is 1.78 bits per heavy atom.